The van der Waals surface area contributed by atoms with Crippen LogP contribution in [0.15, 0.2) is 23.0 Å². The van der Waals surface area contributed by atoms with Crippen molar-refractivity contribution in [2.75, 3.05) is 59.1 Å². The fraction of sp³-hybridized carbons (Fsp3) is 0.656. The molecule has 7 nitrogen and oxygen atoms in total. The number of hydrogen-bond acceptors (Lipinski definition) is 5. The van der Waals surface area contributed by atoms with Gasteiger partial charge < -0.3 is 24.3 Å². The second-order valence-electron chi connectivity index (χ2n) is 11.5. The van der Waals surface area contributed by atoms with Crippen LogP contribution >= 0.6 is 0 Å². The third-order valence-electron chi connectivity index (χ3n) is 8.66. The number of ether oxygens (including phenoxy) is 1. The number of benzene rings is 1. The second-order valence-corrected chi connectivity index (χ2v) is 11.5. The van der Waals surface area contributed by atoms with E-state index < -0.39 is 17.3 Å². The molecule has 1 aromatic carbocycles. The fourth-order valence-electron chi connectivity index (χ4n) is 6.47. The highest BCUT2D eigenvalue weighted by molar-refractivity contribution is 6.09. The minimum Gasteiger partial charge on any atom is -0.394 e. The normalized spacial score (nSPS) is 15.4. The predicted octanol–water partition coefficient (Wildman–Crippen LogP) is 5.73. The Kier molecular flexibility index (Phi) is 11.9. The molecular weight excluding hydrogens is 545 g/mol. The number of aryl methyl sites for hydroxylation is 2. The van der Waals surface area contributed by atoms with E-state index in [0.717, 1.165) is 81.8 Å². The van der Waals surface area contributed by atoms with Crippen LogP contribution in [-0.2, 0) is 23.9 Å². The molecule has 0 amide bonds. The molecular formula is C32H47F3N4O3. The first kappa shape index (κ1) is 32.5. The zero-order valence-electron chi connectivity index (χ0n) is 25.2. The van der Waals surface area contributed by atoms with Crippen LogP contribution in [0.4, 0.5) is 13.2 Å². The minimum absolute atomic E-state index is 0.0828. The summed E-state index contributed by atoms with van der Waals surface area (Å²) in [6.45, 7) is 12.4. The Hall–Kier alpha value is -2.40. The molecule has 10 heteroatoms. The Morgan fingerprint density at radius 1 is 0.881 bits per heavy atom. The van der Waals surface area contributed by atoms with Crippen LogP contribution in [-0.4, -0.2) is 83.5 Å². The van der Waals surface area contributed by atoms with Crippen LogP contribution in [0, 0.1) is 6.92 Å². The van der Waals surface area contributed by atoms with E-state index in [1.165, 1.54) is 32.1 Å². The maximum atomic E-state index is 13.9. The zero-order chi connectivity index (χ0) is 30.1. The van der Waals surface area contributed by atoms with Gasteiger partial charge in [0.2, 0.25) is 5.56 Å². The molecule has 234 valence electrons. The summed E-state index contributed by atoms with van der Waals surface area (Å²) in [7, 11) is 0. The van der Waals surface area contributed by atoms with Gasteiger partial charge in [-0.3, -0.25) is 9.69 Å². The Labute approximate surface area is 246 Å². The van der Waals surface area contributed by atoms with Crippen LogP contribution in [0.25, 0.3) is 21.8 Å². The summed E-state index contributed by atoms with van der Waals surface area (Å²) in [5.41, 5.74) is 1.37. The van der Waals surface area contributed by atoms with Crippen molar-refractivity contribution in [3.8, 4) is 0 Å². The number of nitrogens with one attached hydrogen (secondary N) is 1. The number of hydrogen-bond donors (Lipinski definition) is 2. The number of aliphatic hydroxyl groups excluding tert-OH is 1. The van der Waals surface area contributed by atoms with E-state index in [1.807, 2.05) is 19.9 Å². The fourth-order valence-corrected chi connectivity index (χ4v) is 6.47. The summed E-state index contributed by atoms with van der Waals surface area (Å²) in [4.78, 5) is 19.5. The molecule has 0 bridgehead atoms. The maximum Gasteiger partial charge on any atom is 0.417 e. The van der Waals surface area contributed by atoms with Crippen molar-refractivity contribution in [3.05, 3.63) is 45.4 Å². The van der Waals surface area contributed by atoms with Crippen molar-refractivity contribution < 1.29 is 23.0 Å². The number of rotatable bonds is 16. The highest BCUT2D eigenvalue weighted by atomic mass is 19.4. The van der Waals surface area contributed by atoms with Gasteiger partial charge in [-0.05, 0) is 50.4 Å². The first-order chi connectivity index (χ1) is 20.2. The highest BCUT2D eigenvalue weighted by Crippen LogP contribution is 2.39. The third-order valence-corrected chi connectivity index (χ3v) is 8.66. The van der Waals surface area contributed by atoms with Crippen LogP contribution in [0.1, 0.15) is 68.7 Å². The molecule has 1 saturated heterocycles. The van der Waals surface area contributed by atoms with E-state index in [0.29, 0.717) is 24.7 Å². The van der Waals surface area contributed by atoms with Gasteiger partial charge in [0.1, 0.15) is 0 Å². The van der Waals surface area contributed by atoms with Crippen LogP contribution in [0.3, 0.4) is 0 Å². The molecule has 42 heavy (non-hydrogen) atoms. The van der Waals surface area contributed by atoms with Crippen molar-refractivity contribution in [2.45, 2.75) is 77.9 Å². The number of fused-ring (bicyclic) bond motifs is 3. The topological polar surface area (TPSA) is 73.7 Å². The molecule has 3 heterocycles. The van der Waals surface area contributed by atoms with E-state index in [4.69, 9.17) is 9.84 Å². The number of unbranched alkanes of at least 4 members (excludes halogenated alkanes) is 6. The average Bonchev–Trinajstić information content (AvgIpc) is 3.24. The van der Waals surface area contributed by atoms with Gasteiger partial charge in [-0.15, -0.1) is 0 Å². The van der Waals surface area contributed by atoms with E-state index in [-0.39, 0.29) is 17.5 Å². The SMILES string of the molecule is CCc1c(C)c2c3c(C(F)(F)F)cc(=O)[nH]c3ccc2n1CCCCCCCCCN1CCN(CCOCCO)CC1. The van der Waals surface area contributed by atoms with E-state index in [2.05, 4.69) is 19.4 Å². The lowest BCUT2D eigenvalue weighted by Crippen LogP contribution is -2.47. The Morgan fingerprint density at radius 3 is 2.12 bits per heavy atom. The number of halogens is 3. The lowest BCUT2D eigenvalue weighted by Gasteiger charge is -2.34. The van der Waals surface area contributed by atoms with Gasteiger partial charge in [0, 0.05) is 72.8 Å². The molecule has 1 fully saturated rings. The molecule has 1 aliphatic heterocycles. The number of H-pyrrole nitrogens is 1. The number of alkyl halides is 3. The molecule has 0 saturated carbocycles. The number of aliphatic hydroxyl groups is 1. The van der Waals surface area contributed by atoms with Crippen molar-refractivity contribution in [3.63, 3.8) is 0 Å². The van der Waals surface area contributed by atoms with Crippen molar-refractivity contribution in [1.29, 1.82) is 0 Å². The first-order valence-corrected chi connectivity index (χ1v) is 15.6. The summed E-state index contributed by atoms with van der Waals surface area (Å²) < 4.78 is 49.4. The van der Waals surface area contributed by atoms with Crippen LogP contribution < -0.4 is 5.56 Å². The average molecular weight is 593 g/mol. The molecule has 2 aromatic heterocycles. The molecule has 1 aliphatic rings. The van der Waals surface area contributed by atoms with Gasteiger partial charge in [-0.25, -0.2) is 0 Å². The molecule has 3 aromatic rings. The lowest BCUT2D eigenvalue weighted by molar-refractivity contribution is -0.136. The summed E-state index contributed by atoms with van der Waals surface area (Å²) in [5, 5.41) is 9.48. The smallest absolute Gasteiger partial charge is 0.394 e. The van der Waals surface area contributed by atoms with E-state index in [9.17, 15) is 18.0 Å². The summed E-state index contributed by atoms with van der Waals surface area (Å²) in [6.07, 6.45) is 4.30. The summed E-state index contributed by atoms with van der Waals surface area (Å²) in [6, 6.07) is 4.15. The van der Waals surface area contributed by atoms with Gasteiger partial charge in [-0.1, -0.05) is 39.0 Å². The standard InChI is InChI=1S/C32H47F3N4O3/c1-3-27-24(2)30-28(12-11-26-31(30)25(32(33,34)35)23-29(41)36-26)39(27)14-10-8-6-4-5-7-9-13-37-15-17-38(18-16-37)19-21-42-22-20-40/h11-12,23,40H,3-10,13-22H2,1-2H3,(H,36,41). The Balaban J connectivity index is 1.21. The number of pyridine rings is 1. The van der Waals surface area contributed by atoms with Crippen molar-refractivity contribution >= 4 is 21.8 Å². The quantitative estimate of drug-likeness (QED) is 0.208. The molecule has 0 unspecified atom stereocenters. The number of nitrogens with zero attached hydrogens (tertiary/aromatic N) is 3. The van der Waals surface area contributed by atoms with Gasteiger partial charge in [-0.2, -0.15) is 13.2 Å². The van der Waals surface area contributed by atoms with E-state index in [1.54, 1.807) is 6.07 Å². The largest absolute Gasteiger partial charge is 0.417 e. The zero-order valence-corrected chi connectivity index (χ0v) is 25.2. The van der Waals surface area contributed by atoms with E-state index >= 15 is 0 Å². The summed E-state index contributed by atoms with van der Waals surface area (Å²) >= 11 is 0. The third kappa shape index (κ3) is 8.15. The predicted molar refractivity (Wildman–Crippen MR) is 162 cm³/mol. The molecule has 0 spiro atoms. The van der Waals surface area contributed by atoms with Crippen molar-refractivity contribution in [2.24, 2.45) is 0 Å². The van der Waals surface area contributed by atoms with Gasteiger partial charge in [0.05, 0.1) is 25.4 Å². The molecule has 0 aliphatic carbocycles. The maximum absolute atomic E-state index is 13.9. The lowest BCUT2D eigenvalue weighted by atomic mass is 10.0. The Bertz CT molecular complexity index is 1340. The van der Waals surface area contributed by atoms with Crippen LogP contribution in [0.2, 0.25) is 0 Å². The number of aromatic nitrogens is 2. The minimum atomic E-state index is -4.60. The van der Waals surface area contributed by atoms with Gasteiger partial charge >= 0.3 is 6.18 Å². The number of piperazine rings is 1. The Morgan fingerprint density at radius 2 is 1.50 bits per heavy atom. The van der Waals surface area contributed by atoms with Crippen LogP contribution in [0.5, 0.6) is 0 Å². The van der Waals surface area contributed by atoms with Gasteiger partial charge in [0.25, 0.3) is 0 Å². The monoisotopic (exact) mass is 592 g/mol. The van der Waals surface area contributed by atoms with Gasteiger partial charge in [0.15, 0.2) is 0 Å². The second kappa shape index (κ2) is 15.4. The molecule has 2 N–H and O–H groups in total. The molecule has 0 atom stereocenters. The van der Waals surface area contributed by atoms with Crippen molar-refractivity contribution in [1.82, 2.24) is 19.4 Å². The summed E-state index contributed by atoms with van der Waals surface area (Å²) in [5.74, 6) is 0. The highest BCUT2D eigenvalue weighted by Gasteiger charge is 2.34. The first-order valence-electron chi connectivity index (χ1n) is 15.6. The molecule has 0 radical (unpaired) electrons. The number of aromatic amines is 1. The molecule has 4 rings (SSSR count).